The third-order valence-corrected chi connectivity index (χ3v) is 4.46. The number of hydrogen-bond donors (Lipinski definition) is 2. The van der Waals surface area contributed by atoms with Gasteiger partial charge in [0.05, 0.1) is 12.5 Å². The quantitative estimate of drug-likeness (QED) is 0.735. The first kappa shape index (κ1) is 21.6. The molecule has 11 heteroatoms. The molecule has 1 amide bonds. The van der Waals surface area contributed by atoms with Crippen molar-refractivity contribution in [3.63, 3.8) is 0 Å². The van der Waals surface area contributed by atoms with Gasteiger partial charge in [-0.05, 0) is 17.7 Å². The molecule has 0 bridgehead atoms. The van der Waals surface area contributed by atoms with Crippen molar-refractivity contribution < 1.29 is 42.2 Å². The number of fused-ring (bicyclic) bond motifs is 1. The van der Waals surface area contributed by atoms with E-state index in [1.807, 2.05) is 4.90 Å². The van der Waals surface area contributed by atoms with Crippen LogP contribution in [0.25, 0.3) is 0 Å². The predicted molar refractivity (Wildman–Crippen MR) is 86.6 cm³/mol. The van der Waals surface area contributed by atoms with Crippen LogP contribution in [-0.2, 0) is 20.9 Å². The number of rotatable bonds is 4. The highest BCUT2D eigenvalue weighted by atomic mass is 19.4. The van der Waals surface area contributed by atoms with Gasteiger partial charge in [-0.3, -0.25) is 14.5 Å². The number of carboxylic acids is 2. The number of likely N-dealkylation sites (tertiary alicyclic amines) is 2. The van der Waals surface area contributed by atoms with Crippen LogP contribution in [0.3, 0.4) is 0 Å². The highest BCUT2D eigenvalue weighted by molar-refractivity contribution is 5.82. The first-order valence-electron chi connectivity index (χ1n) is 8.25. The zero-order chi connectivity index (χ0) is 21.1. The highest BCUT2D eigenvalue weighted by Gasteiger charge is 2.46. The average Bonchev–Trinajstić information content (AvgIpc) is 3.06. The van der Waals surface area contributed by atoms with E-state index in [2.05, 4.69) is 0 Å². The number of amides is 1. The summed E-state index contributed by atoms with van der Waals surface area (Å²) in [4.78, 5) is 35.5. The fraction of sp³-hybridized carbons (Fsp3) is 0.471. The van der Waals surface area contributed by atoms with Crippen molar-refractivity contribution >= 4 is 17.8 Å². The SMILES string of the molecule is O=C(O)C(F)(F)F.O=C(O)CN1C[C@H]2CN(Cc3cccc(F)c3)C(=O)[C@H]2C1. The minimum absolute atomic E-state index is 0.00975. The van der Waals surface area contributed by atoms with E-state index >= 15 is 0 Å². The average molecular weight is 406 g/mol. The molecule has 2 aliphatic heterocycles. The Morgan fingerprint density at radius 1 is 1.14 bits per heavy atom. The van der Waals surface area contributed by atoms with Gasteiger partial charge in [0.1, 0.15) is 5.82 Å². The molecule has 1 aromatic rings. The zero-order valence-electron chi connectivity index (χ0n) is 14.5. The van der Waals surface area contributed by atoms with Gasteiger partial charge in [0, 0.05) is 32.1 Å². The van der Waals surface area contributed by atoms with Gasteiger partial charge >= 0.3 is 18.1 Å². The lowest BCUT2D eigenvalue weighted by Gasteiger charge is -2.20. The minimum atomic E-state index is -5.08. The third kappa shape index (κ3) is 5.65. The summed E-state index contributed by atoms with van der Waals surface area (Å²) in [5.41, 5.74) is 0.783. The van der Waals surface area contributed by atoms with Crippen LogP contribution >= 0.6 is 0 Å². The Morgan fingerprint density at radius 2 is 1.79 bits per heavy atom. The van der Waals surface area contributed by atoms with E-state index in [1.165, 1.54) is 12.1 Å². The molecule has 1 aromatic carbocycles. The molecular weight excluding hydrogens is 388 g/mol. The van der Waals surface area contributed by atoms with E-state index in [4.69, 9.17) is 15.0 Å². The Hall–Kier alpha value is -2.69. The van der Waals surface area contributed by atoms with Gasteiger partial charge in [-0.25, -0.2) is 9.18 Å². The molecule has 0 aromatic heterocycles. The molecule has 28 heavy (non-hydrogen) atoms. The Morgan fingerprint density at radius 3 is 2.29 bits per heavy atom. The van der Waals surface area contributed by atoms with Crippen molar-refractivity contribution in [2.45, 2.75) is 12.7 Å². The van der Waals surface area contributed by atoms with E-state index in [1.54, 1.807) is 17.0 Å². The van der Waals surface area contributed by atoms with E-state index in [-0.39, 0.29) is 30.1 Å². The van der Waals surface area contributed by atoms with Crippen LogP contribution in [0.1, 0.15) is 5.56 Å². The molecule has 2 aliphatic rings. The van der Waals surface area contributed by atoms with Gasteiger partial charge in [-0.15, -0.1) is 0 Å². The molecule has 2 N–H and O–H groups in total. The van der Waals surface area contributed by atoms with Gasteiger partial charge in [-0.2, -0.15) is 13.2 Å². The summed E-state index contributed by atoms with van der Waals surface area (Å²) >= 11 is 0. The Bertz CT molecular complexity index is 755. The van der Waals surface area contributed by atoms with E-state index < -0.39 is 18.1 Å². The normalized spacial score (nSPS) is 21.9. The molecule has 0 spiro atoms. The van der Waals surface area contributed by atoms with Gasteiger partial charge in [0.15, 0.2) is 0 Å². The molecule has 0 unspecified atom stereocenters. The van der Waals surface area contributed by atoms with Crippen molar-refractivity contribution in [3.05, 3.63) is 35.6 Å². The molecule has 2 saturated heterocycles. The lowest BCUT2D eigenvalue weighted by molar-refractivity contribution is -0.192. The fourth-order valence-corrected chi connectivity index (χ4v) is 3.35. The second-order valence-corrected chi connectivity index (χ2v) is 6.61. The topological polar surface area (TPSA) is 98.1 Å². The maximum atomic E-state index is 13.2. The minimum Gasteiger partial charge on any atom is -0.480 e. The molecule has 2 atom stereocenters. The fourth-order valence-electron chi connectivity index (χ4n) is 3.35. The summed E-state index contributed by atoms with van der Waals surface area (Å²) in [6, 6.07) is 6.27. The Labute approximate surface area is 157 Å². The summed E-state index contributed by atoms with van der Waals surface area (Å²) in [6.07, 6.45) is -5.08. The molecule has 0 radical (unpaired) electrons. The first-order chi connectivity index (χ1) is 13.0. The molecule has 0 saturated carbocycles. The van der Waals surface area contributed by atoms with Crippen LogP contribution in [-0.4, -0.2) is 70.2 Å². The van der Waals surface area contributed by atoms with E-state index in [9.17, 15) is 27.2 Å². The maximum Gasteiger partial charge on any atom is 0.490 e. The largest absolute Gasteiger partial charge is 0.490 e. The molecular formula is C17H18F4N2O5. The summed E-state index contributed by atoms with van der Waals surface area (Å²) < 4.78 is 44.9. The lowest BCUT2D eigenvalue weighted by Crippen LogP contribution is -2.34. The lowest BCUT2D eigenvalue weighted by atomic mass is 10.0. The Kier molecular flexibility index (Phi) is 6.60. The van der Waals surface area contributed by atoms with Crippen LogP contribution in [0.2, 0.25) is 0 Å². The highest BCUT2D eigenvalue weighted by Crippen LogP contribution is 2.32. The number of carboxylic acid groups (broad SMARTS) is 2. The second kappa shape index (κ2) is 8.55. The van der Waals surface area contributed by atoms with Crippen LogP contribution in [0.4, 0.5) is 17.6 Å². The predicted octanol–water partition coefficient (Wildman–Crippen LogP) is 1.43. The van der Waals surface area contributed by atoms with Crippen molar-refractivity contribution in [1.82, 2.24) is 9.80 Å². The van der Waals surface area contributed by atoms with Crippen molar-refractivity contribution in [2.24, 2.45) is 11.8 Å². The number of halogens is 4. The van der Waals surface area contributed by atoms with Crippen LogP contribution in [0.5, 0.6) is 0 Å². The number of alkyl halides is 3. The van der Waals surface area contributed by atoms with E-state index in [0.717, 1.165) is 5.56 Å². The summed E-state index contributed by atoms with van der Waals surface area (Å²) in [7, 11) is 0. The molecule has 3 rings (SSSR count). The van der Waals surface area contributed by atoms with E-state index in [0.29, 0.717) is 26.2 Å². The van der Waals surface area contributed by atoms with Gasteiger partial charge in [0.2, 0.25) is 5.91 Å². The van der Waals surface area contributed by atoms with Crippen molar-refractivity contribution in [3.8, 4) is 0 Å². The third-order valence-electron chi connectivity index (χ3n) is 4.46. The number of benzene rings is 1. The number of nitrogens with zero attached hydrogens (tertiary/aromatic N) is 2. The maximum absolute atomic E-state index is 13.2. The molecule has 7 nitrogen and oxygen atoms in total. The molecule has 2 fully saturated rings. The first-order valence-corrected chi connectivity index (χ1v) is 8.25. The monoisotopic (exact) mass is 406 g/mol. The zero-order valence-corrected chi connectivity index (χ0v) is 14.5. The molecule has 154 valence electrons. The van der Waals surface area contributed by atoms with Crippen LogP contribution in [0, 0.1) is 17.7 Å². The van der Waals surface area contributed by atoms with Crippen molar-refractivity contribution in [2.75, 3.05) is 26.2 Å². The summed E-state index contributed by atoms with van der Waals surface area (Å²) in [5, 5.41) is 15.9. The van der Waals surface area contributed by atoms with Gasteiger partial charge in [-0.1, -0.05) is 12.1 Å². The summed E-state index contributed by atoms with van der Waals surface area (Å²) in [5.74, 6) is -3.79. The standard InChI is InChI=1S/C15H17FN2O3.C2HF3O2/c16-12-3-1-2-10(4-12)5-18-7-11-6-17(9-14(19)20)8-13(11)15(18)21;3-2(4,5)1(6)7/h1-4,11,13H,5-9H2,(H,19,20);(H,6,7)/t11-,13-;/m0./s1. The smallest absolute Gasteiger partial charge is 0.480 e. The van der Waals surface area contributed by atoms with Gasteiger partial charge in [0.25, 0.3) is 0 Å². The van der Waals surface area contributed by atoms with Crippen LogP contribution in [0.15, 0.2) is 24.3 Å². The number of hydrogen-bond acceptors (Lipinski definition) is 4. The van der Waals surface area contributed by atoms with Crippen LogP contribution < -0.4 is 0 Å². The molecule has 0 aliphatic carbocycles. The second-order valence-electron chi connectivity index (χ2n) is 6.61. The number of carbonyl (C=O) groups excluding carboxylic acids is 1. The van der Waals surface area contributed by atoms with Gasteiger partial charge < -0.3 is 15.1 Å². The number of aliphatic carboxylic acids is 2. The van der Waals surface area contributed by atoms with Crippen molar-refractivity contribution in [1.29, 1.82) is 0 Å². The number of carbonyl (C=O) groups is 3. The Balaban J connectivity index is 0.000000345. The molecule has 2 heterocycles. The summed E-state index contributed by atoms with van der Waals surface area (Å²) in [6.45, 7) is 2.18.